The van der Waals surface area contributed by atoms with Crippen LogP contribution in [0.3, 0.4) is 0 Å². The van der Waals surface area contributed by atoms with Crippen LogP contribution in [0.25, 0.3) is 0 Å². The van der Waals surface area contributed by atoms with E-state index in [1.54, 1.807) is 14.2 Å². The molecule has 2 fully saturated rings. The highest BCUT2D eigenvalue weighted by atomic mass is 16.5. The first-order valence-electron chi connectivity index (χ1n) is 11.1. The molecule has 0 bridgehead atoms. The third-order valence-electron chi connectivity index (χ3n) is 7.45. The average molecular weight is 390 g/mol. The highest BCUT2D eigenvalue weighted by Gasteiger charge is 2.51. The molecule has 0 radical (unpaired) electrons. The fraction of sp³-hybridized carbons (Fsp3) is 0.750. The van der Waals surface area contributed by atoms with Crippen LogP contribution < -0.4 is 14.8 Å². The molecule has 28 heavy (non-hydrogen) atoms. The predicted molar refractivity (Wildman–Crippen MR) is 114 cm³/mol. The van der Waals surface area contributed by atoms with Gasteiger partial charge in [0.1, 0.15) is 11.5 Å². The SMILES string of the molecule is CCCCNC1CC[C@@]2(C)C(CCC[C@@H]2O)C1Cc1cc(OC)cc(OC)c1. The van der Waals surface area contributed by atoms with Crippen molar-refractivity contribution < 1.29 is 14.6 Å². The molecule has 2 saturated carbocycles. The summed E-state index contributed by atoms with van der Waals surface area (Å²) in [5.74, 6) is 2.79. The van der Waals surface area contributed by atoms with Gasteiger partial charge in [0, 0.05) is 12.1 Å². The Balaban J connectivity index is 1.87. The average Bonchev–Trinajstić information content (AvgIpc) is 2.70. The normalized spacial score (nSPS) is 32.6. The van der Waals surface area contributed by atoms with Crippen molar-refractivity contribution >= 4 is 0 Å². The van der Waals surface area contributed by atoms with Gasteiger partial charge >= 0.3 is 0 Å². The molecule has 0 aliphatic heterocycles. The van der Waals surface area contributed by atoms with E-state index in [1.165, 1.54) is 24.8 Å². The summed E-state index contributed by atoms with van der Waals surface area (Å²) in [6.45, 7) is 5.67. The number of nitrogens with one attached hydrogen (secondary N) is 1. The van der Waals surface area contributed by atoms with Crippen LogP contribution in [0, 0.1) is 17.3 Å². The maximum Gasteiger partial charge on any atom is 0.122 e. The molecular formula is C24H39NO3. The summed E-state index contributed by atoms with van der Waals surface area (Å²) in [4.78, 5) is 0. The van der Waals surface area contributed by atoms with E-state index in [0.29, 0.717) is 17.9 Å². The van der Waals surface area contributed by atoms with Crippen LogP contribution >= 0.6 is 0 Å². The number of rotatable bonds is 8. The monoisotopic (exact) mass is 389 g/mol. The minimum atomic E-state index is -0.162. The van der Waals surface area contributed by atoms with Crippen LogP contribution in [0.4, 0.5) is 0 Å². The van der Waals surface area contributed by atoms with Gasteiger partial charge in [0.25, 0.3) is 0 Å². The van der Waals surface area contributed by atoms with Crippen LogP contribution in [0.5, 0.6) is 11.5 Å². The first-order chi connectivity index (χ1) is 13.5. The van der Waals surface area contributed by atoms with Crippen LogP contribution in [0.15, 0.2) is 18.2 Å². The van der Waals surface area contributed by atoms with Crippen molar-refractivity contribution in [1.29, 1.82) is 0 Å². The summed E-state index contributed by atoms with van der Waals surface area (Å²) < 4.78 is 11.0. The minimum absolute atomic E-state index is 0.0504. The number of aliphatic hydroxyl groups excluding tert-OH is 1. The summed E-state index contributed by atoms with van der Waals surface area (Å²) in [6.07, 6.45) is 8.89. The third-order valence-corrected chi connectivity index (χ3v) is 7.45. The molecule has 0 spiro atoms. The topological polar surface area (TPSA) is 50.7 Å². The van der Waals surface area contributed by atoms with Crippen LogP contribution in [0.2, 0.25) is 0 Å². The Morgan fingerprint density at radius 3 is 2.46 bits per heavy atom. The molecule has 158 valence electrons. The van der Waals surface area contributed by atoms with E-state index in [2.05, 4.69) is 31.3 Å². The number of hydrogen-bond donors (Lipinski definition) is 2. The quantitative estimate of drug-likeness (QED) is 0.639. The molecule has 4 nitrogen and oxygen atoms in total. The zero-order valence-electron chi connectivity index (χ0n) is 18.2. The Morgan fingerprint density at radius 2 is 1.82 bits per heavy atom. The molecule has 0 aromatic heterocycles. The molecule has 1 aromatic carbocycles. The van der Waals surface area contributed by atoms with Crippen molar-refractivity contribution in [3.8, 4) is 11.5 Å². The van der Waals surface area contributed by atoms with E-state index in [0.717, 1.165) is 50.1 Å². The molecule has 3 rings (SSSR count). The van der Waals surface area contributed by atoms with Crippen molar-refractivity contribution in [2.24, 2.45) is 17.3 Å². The van der Waals surface area contributed by atoms with Gasteiger partial charge in [-0.1, -0.05) is 26.7 Å². The molecule has 0 heterocycles. The highest BCUT2D eigenvalue weighted by molar-refractivity contribution is 5.38. The number of unbranched alkanes of at least 4 members (excludes halogenated alkanes) is 1. The van der Waals surface area contributed by atoms with E-state index in [-0.39, 0.29) is 11.5 Å². The van der Waals surface area contributed by atoms with Gasteiger partial charge in [-0.3, -0.25) is 0 Å². The lowest BCUT2D eigenvalue weighted by atomic mass is 9.53. The highest BCUT2D eigenvalue weighted by Crippen LogP contribution is 2.53. The Hall–Kier alpha value is -1.26. The Kier molecular flexibility index (Phi) is 7.27. The fourth-order valence-corrected chi connectivity index (χ4v) is 5.71. The number of hydrogen-bond acceptors (Lipinski definition) is 4. The standard InChI is InChI=1S/C24H39NO3/c1-5-6-12-25-22-10-11-24(2)21(8-7-9-23(24)26)20(22)15-17-13-18(27-3)16-19(14-17)28-4/h13-14,16,20-23,25-26H,5-12,15H2,1-4H3/t20?,21?,22?,23-,24-/m0/s1. The van der Waals surface area contributed by atoms with Gasteiger partial charge in [0.05, 0.1) is 20.3 Å². The van der Waals surface area contributed by atoms with Gasteiger partial charge in [-0.05, 0) is 80.0 Å². The number of aliphatic hydroxyl groups is 1. The number of fused-ring (bicyclic) bond motifs is 1. The van der Waals surface area contributed by atoms with Crippen LogP contribution in [-0.4, -0.2) is 38.0 Å². The van der Waals surface area contributed by atoms with Gasteiger partial charge in [0.2, 0.25) is 0 Å². The number of methoxy groups -OCH3 is 2. The molecule has 5 atom stereocenters. The molecule has 4 heteroatoms. The van der Waals surface area contributed by atoms with E-state index in [9.17, 15) is 5.11 Å². The zero-order chi connectivity index (χ0) is 20.1. The third kappa shape index (κ3) is 4.49. The lowest BCUT2D eigenvalue weighted by Crippen LogP contribution is -2.56. The van der Waals surface area contributed by atoms with Crippen molar-refractivity contribution in [3.05, 3.63) is 23.8 Å². The molecule has 2 aliphatic carbocycles. The lowest BCUT2D eigenvalue weighted by molar-refractivity contribution is -0.0971. The zero-order valence-corrected chi connectivity index (χ0v) is 18.2. The van der Waals surface area contributed by atoms with Gasteiger partial charge in [-0.15, -0.1) is 0 Å². The number of benzene rings is 1. The molecule has 1 aromatic rings. The molecule has 2 N–H and O–H groups in total. The van der Waals surface area contributed by atoms with Crippen LogP contribution in [0.1, 0.15) is 64.4 Å². The summed E-state index contributed by atoms with van der Waals surface area (Å²) in [5.41, 5.74) is 1.32. The molecule has 2 aliphatic rings. The van der Waals surface area contributed by atoms with Crippen molar-refractivity contribution in [1.82, 2.24) is 5.32 Å². The van der Waals surface area contributed by atoms with Gasteiger partial charge in [-0.2, -0.15) is 0 Å². The van der Waals surface area contributed by atoms with Crippen molar-refractivity contribution in [3.63, 3.8) is 0 Å². The molecule has 0 amide bonds. The lowest BCUT2D eigenvalue weighted by Gasteiger charge is -2.55. The molecule has 3 unspecified atom stereocenters. The van der Waals surface area contributed by atoms with E-state index >= 15 is 0 Å². The summed E-state index contributed by atoms with van der Waals surface area (Å²) in [5, 5.41) is 14.7. The van der Waals surface area contributed by atoms with Crippen molar-refractivity contribution in [2.45, 2.75) is 77.4 Å². The van der Waals surface area contributed by atoms with Gasteiger partial charge in [-0.25, -0.2) is 0 Å². The fourth-order valence-electron chi connectivity index (χ4n) is 5.71. The predicted octanol–water partition coefficient (Wildman–Crippen LogP) is 4.58. The smallest absolute Gasteiger partial charge is 0.122 e. The molecular weight excluding hydrogens is 350 g/mol. The van der Waals surface area contributed by atoms with Crippen molar-refractivity contribution in [2.75, 3.05) is 20.8 Å². The Morgan fingerprint density at radius 1 is 1.11 bits per heavy atom. The van der Waals surface area contributed by atoms with Gasteiger partial charge in [0.15, 0.2) is 0 Å². The number of ether oxygens (including phenoxy) is 2. The summed E-state index contributed by atoms with van der Waals surface area (Å²) >= 11 is 0. The first kappa shape index (κ1) is 21.4. The van der Waals surface area contributed by atoms with Crippen LogP contribution in [-0.2, 0) is 6.42 Å². The van der Waals surface area contributed by atoms with Gasteiger partial charge < -0.3 is 19.9 Å². The second-order valence-corrected chi connectivity index (χ2v) is 9.10. The summed E-state index contributed by atoms with van der Waals surface area (Å²) in [7, 11) is 3.42. The Bertz CT molecular complexity index is 612. The maximum absolute atomic E-state index is 10.9. The Labute approximate surface area is 171 Å². The van der Waals surface area contributed by atoms with E-state index < -0.39 is 0 Å². The molecule has 0 saturated heterocycles. The second kappa shape index (κ2) is 9.49. The first-order valence-corrected chi connectivity index (χ1v) is 11.1. The summed E-state index contributed by atoms with van der Waals surface area (Å²) in [6, 6.07) is 6.76. The van der Waals surface area contributed by atoms with E-state index in [4.69, 9.17) is 9.47 Å². The minimum Gasteiger partial charge on any atom is -0.497 e. The second-order valence-electron chi connectivity index (χ2n) is 9.10. The largest absolute Gasteiger partial charge is 0.497 e. The maximum atomic E-state index is 10.9. The van der Waals surface area contributed by atoms with E-state index in [1.807, 2.05) is 6.07 Å².